The van der Waals surface area contributed by atoms with Gasteiger partial charge in [0.2, 0.25) is 11.8 Å². The number of methoxy groups -OCH3 is 1. The number of likely N-dealkylation sites (tertiary alicyclic amines) is 1. The summed E-state index contributed by atoms with van der Waals surface area (Å²) in [6.07, 6.45) is 2.73. The van der Waals surface area contributed by atoms with Gasteiger partial charge in [-0.15, -0.1) is 0 Å². The van der Waals surface area contributed by atoms with Gasteiger partial charge in [0.05, 0.1) is 7.11 Å². The summed E-state index contributed by atoms with van der Waals surface area (Å²) in [5, 5.41) is 0. The van der Waals surface area contributed by atoms with Crippen LogP contribution < -0.4 is 4.74 Å². The van der Waals surface area contributed by atoms with E-state index >= 15 is 0 Å². The highest BCUT2D eigenvalue weighted by molar-refractivity contribution is 5.80. The zero-order chi connectivity index (χ0) is 19.2. The number of ether oxygens (including phenoxy) is 1. The number of carbonyl (C=O) groups is 2. The predicted octanol–water partition coefficient (Wildman–Crippen LogP) is 1.64. The number of nitrogens with zero attached hydrogens (tertiary/aromatic N) is 3. The Bertz CT molecular complexity index is 648. The summed E-state index contributed by atoms with van der Waals surface area (Å²) in [5.74, 6) is 1.36. The second-order valence-corrected chi connectivity index (χ2v) is 7.60. The van der Waals surface area contributed by atoms with Gasteiger partial charge in [0.1, 0.15) is 5.75 Å². The van der Waals surface area contributed by atoms with Crippen molar-refractivity contribution in [3.05, 3.63) is 29.8 Å². The highest BCUT2D eigenvalue weighted by atomic mass is 16.5. The number of amides is 2. The monoisotopic (exact) mass is 373 g/mol. The smallest absolute Gasteiger partial charge is 0.225 e. The lowest BCUT2D eigenvalue weighted by atomic mass is 9.94. The van der Waals surface area contributed by atoms with Gasteiger partial charge in [-0.25, -0.2) is 0 Å². The molecular formula is C21H31N3O3. The highest BCUT2D eigenvalue weighted by Gasteiger charge is 2.31. The molecule has 0 saturated carbocycles. The number of para-hydroxylation sites is 1. The van der Waals surface area contributed by atoms with Crippen molar-refractivity contribution in [3.8, 4) is 5.75 Å². The van der Waals surface area contributed by atoms with E-state index in [2.05, 4.69) is 11.9 Å². The summed E-state index contributed by atoms with van der Waals surface area (Å²) in [6.45, 7) is 4.93. The molecule has 3 rings (SSSR count). The van der Waals surface area contributed by atoms with Crippen LogP contribution in [-0.4, -0.2) is 79.9 Å². The molecule has 2 aliphatic heterocycles. The molecule has 0 N–H and O–H groups in total. The van der Waals surface area contributed by atoms with Crippen molar-refractivity contribution in [2.75, 3.05) is 53.4 Å². The SMILES string of the molecule is COc1ccccc1CCC(=O)N1CCC(C(=O)N2CCN(C)CC2)CC1. The lowest BCUT2D eigenvalue weighted by molar-refractivity contribution is -0.141. The minimum atomic E-state index is 0.0756. The average molecular weight is 373 g/mol. The van der Waals surface area contributed by atoms with Crippen LogP contribution in [0.1, 0.15) is 24.8 Å². The Labute approximate surface area is 162 Å². The molecule has 1 aromatic rings. The van der Waals surface area contributed by atoms with Crippen LogP contribution in [0.4, 0.5) is 0 Å². The fraction of sp³-hybridized carbons (Fsp3) is 0.619. The van der Waals surface area contributed by atoms with Crippen molar-refractivity contribution in [3.63, 3.8) is 0 Å². The fourth-order valence-corrected chi connectivity index (χ4v) is 3.97. The minimum absolute atomic E-state index is 0.0756. The van der Waals surface area contributed by atoms with E-state index in [4.69, 9.17) is 4.74 Å². The summed E-state index contributed by atoms with van der Waals surface area (Å²) >= 11 is 0. The van der Waals surface area contributed by atoms with Gasteiger partial charge >= 0.3 is 0 Å². The molecule has 0 bridgehead atoms. The molecular weight excluding hydrogens is 342 g/mol. The molecule has 0 aliphatic carbocycles. The molecule has 2 saturated heterocycles. The molecule has 27 heavy (non-hydrogen) atoms. The predicted molar refractivity (Wildman–Crippen MR) is 105 cm³/mol. The third kappa shape index (κ3) is 5.01. The number of hydrogen-bond donors (Lipinski definition) is 0. The largest absolute Gasteiger partial charge is 0.496 e. The molecule has 0 radical (unpaired) electrons. The van der Waals surface area contributed by atoms with E-state index in [1.165, 1.54) is 0 Å². The maximum Gasteiger partial charge on any atom is 0.225 e. The zero-order valence-electron chi connectivity index (χ0n) is 16.5. The molecule has 0 aromatic heterocycles. The molecule has 2 heterocycles. The Balaban J connectivity index is 1.44. The number of hydrogen-bond acceptors (Lipinski definition) is 4. The number of carbonyl (C=O) groups excluding carboxylic acids is 2. The second kappa shape index (κ2) is 9.22. The van der Waals surface area contributed by atoms with Crippen LogP contribution >= 0.6 is 0 Å². The van der Waals surface area contributed by atoms with Crippen molar-refractivity contribution < 1.29 is 14.3 Å². The Morgan fingerprint density at radius 2 is 1.67 bits per heavy atom. The van der Waals surface area contributed by atoms with Gasteiger partial charge in [0, 0.05) is 51.6 Å². The van der Waals surface area contributed by atoms with Crippen molar-refractivity contribution in [2.45, 2.75) is 25.7 Å². The number of rotatable bonds is 5. The van der Waals surface area contributed by atoms with Gasteiger partial charge in [-0.05, 0) is 37.9 Å². The maximum absolute atomic E-state index is 12.7. The molecule has 2 amide bonds. The quantitative estimate of drug-likeness (QED) is 0.787. The van der Waals surface area contributed by atoms with Crippen LogP contribution in [-0.2, 0) is 16.0 Å². The van der Waals surface area contributed by atoms with Gasteiger partial charge in [0.25, 0.3) is 0 Å². The van der Waals surface area contributed by atoms with E-state index < -0.39 is 0 Å². The first-order valence-electron chi connectivity index (χ1n) is 9.95. The van der Waals surface area contributed by atoms with Gasteiger partial charge in [0.15, 0.2) is 0 Å². The van der Waals surface area contributed by atoms with Crippen molar-refractivity contribution >= 4 is 11.8 Å². The van der Waals surface area contributed by atoms with E-state index in [0.717, 1.165) is 50.3 Å². The molecule has 1 aromatic carbocycles. The Hall–Kier alpha value is -2.08. The fourth-order valence-electron chi connectivity index (χ4n) is 3.97. The van der Waals surface area contributed by atoms with E-state index in [1.54, 1.807) is 7.11 Å². The Kier molecular flexibility index (Phi) is 6.72. The molecule has 0 unspecified atom stereocenters. The minimum Gasteiger partial charge on any atom is -0.496 e. The molecule has 6 nitrogen and oxygen atoms in total. The van der Waals surface area contributed by atoms with E-state index in [0.29, 0.717) is 25.9 Å². The third-order valence-electron chi connectivity index (χ3n) is 5.81. The summed E-state index contributed by atoms with van der Waals surface area (Å²) in [7, 11) is 3.75. The van der Waals surface area contributed by atoms with Crippen molar-refractivity contribution in [1.29, 1.82) is 0 Å². The molecule has 2 fully saturated rings. The van der Waals surface area contributed by atoms with Gasteiger partial charge < -0.3 is 19.4 Å². The number of likely N-dealkylation sites (N-methyl/N-ethyl adjacent to an activating group) is 1. The second-order valence-electron chi connectivity index (χ2n) is 7.60. The standard InChI is InChI=1S/C21H31N3O3/c1-22-13-15-24(16-14-22)21(26)18-9-11-23(12-10-18)20(25)8-7-17-5-3-4-6-19(17)27-2/h3-6,18H,7-16H2,1-2H3. The van der Waals surface area contributed by atoms with Crippen LogP contribution in [0.5, 0.6) is 5.75 Å². The molecule has 148 valence electrons. The van der Waals surface area contributed by atoms with Crippen LogP contribution in [0.3, 0.4) is 0 Å². The zero-order valence-corrected chi connectivity index (χ0v) is 16.5. The van der Waals surface area contributed by atoms with E-state index in [9.17, 15) is 9.59 Å². The highest BCUT2D eigenvalue weighted by Crippen LogP contribution is 2.23. The molecule has 0 spiro atoms. The first-order valence-corrected chi connectivity index (χ1v) is 9.95. The number of aryl methyl sites for hydroxylation is 1. The first kappa shape index (κ1) is 19.7. The van der Waals surface area contributed by atoms with Gasteiger partial charge in [-0.1, -0.05) is 18.2 Å². The third-order valence-corrected chi connectivity index (χ3v) is 5.81. The topological polar surface area (TPSA) is 53.1 Å². The van der Waals surface area contributed by atoms with Crippen LogP contribution in [0.25, 0.3) is 0 Å². The molecule has 2 aliphatic rings. The summed E-state index contributed by atoms with van der Waals surface area (Å²) in [5.41, 5.74) is 1.06. The summed E-state index contributed by atoms with van der Waals surface area (Å²) in [4.78, 5) is 31.5. The Morgan fingerprint density at radius 1 is 1.00 bits per heavy atom. The normalized spacial score (nSPS) is 19.2. The van der Waals surface area contributed by atoms with Gasteiger partial charge in [-0.3, -0.25) is 9.59 Å². The molecule has 0 atom stereocenters. The maximum atomic E-state index is 12.7. The van der Waals surface area contributed by atoms with Crippen molar-refractivity contribution in [1.82, 2.24) is 14.7 Å². The van der Waals surface area contributed by atoms with Gasteiger partial charge in [-0.2, -0.15) is 0 Å². The molecule has 6 heteroatoms. The number of piperazine rings is 1. The number of piperidine rings is 1. The van der Waals surface area contributed by atoms with Crippen LogP contribution in [0, 0.1) is 5.92 Å². The van der Waals surface area contributed by atoms with E-state index in [1.807, 2.05) is 34.1 Å². The van der Waals surface area contributed by atoms with Crippen LogP contribution in [0.15, 0.2) is 24.3 Å². The first-order chi connectivity index (χ1) is 13.1. The van der Waals surface area contributed by atoms with E-state index in [-0.39, 0.29) is 17.7 Å². The summed E-state index contributed by atoms with van der Waals surface area (Å²) in [6, 6.07) is 7.84. The Morgan fingerprint density at radius 3 is 2.33 bits per heavy atom. The lowest BCUT2D eigenvalue weighted by Gasteiger charge is -2.37. The number of benzene rings is 1. The summed E-state index contributed by atoms with van der Waals surface area (Å²) < 4.78 is 5.36. The average Bonchev–Trinajstić information content (AvgIpc) is 2.72. The van der Waals surface area contributed by atoms with Crippen molar-refractivity contribution in [2.24, 2.45) is 5.92 Å². The lowest BCUT2D eigenvalue weighted by Crippen LogP contribution is -2.51. The van der Waals surface area contributed by atoms with Crippen LogP contribution in [0.2, 0.25) is 0 Å².